The van der Waals surface area contributed by atoms with E-state index in [1.165, 1.54) is 74.6 Å². The fraction of sp³-hybridized carbons (Fsp3) is 0.542. The summed E-state index contributed by atoms with van der Waals surface area (Å²) in [6.07, 6.45) is 12.1. The van der Waals surface area contributed by atoms with Crippen molar-refractivity contribution in [1.82, 2.24) is 4.98 Å². The van der Waals surface area contributed by atoms with Gasteiger partial charge in [0.05, 0.1) is 0 Å². The lowest BCUT2D eigenvalue weighted by atomic mass is 9.77. The predicted molar refractivity (Wildman–Crippen MR) is 107 cm³/mol. The van der Waals surface area contributed by atoms with Gasteiger partial charge in [0.2, 0.25) is 11.9 Å². The zero-order valence-electron chi connectivity index (χ0n) is 16.4. The lowest BCUT2D eigenvalue weighted by molar-refractivity contribution is 0.303. The van der Waals surface area contributed by atoms with Crippen LogP contribution in [0.5, 0.6) is 0 Å². The molecule has 146 valence electrons. The molecule has 0 spiro atoms. The maximum Gasteiger partial charge on any atom is 0.218 e. The van der Waals surface area contributed by atoms with Crippen LogP contribution >= 0.6 is 0 Å². The average Bonchev–Trinajstić information content (AvgIpc) is 2.69. The van der Waals surface area contributed by atoms with Crippen molar-refractivity contribution in [1.29, 1.82) is 0 Å². The Hall–Kier alpha value is -1.77. The fourth-order valence-electron chi connectivity index (χ4n) is 4.33. The molecular weight excluding hydrogens is 340 g/mol. The van der Waals surface area contributed by atoms with Crippen LogP contribution in [0.2, 0.25) is 0 Å². The molecule has 0 N–H and O–H groups in total. The highest BCUT2D eigenvalue weighted by Crippen LogP contribution is 2.37. The molecule has 0 unspecified atom stereocenters. The monoisotopic (exact) mass is 371 g/mol. The summed E-state index contributed by atoms with van der Waals surface area (Å²) in [5.41, 5.74) is 3.11. The van der Waals surface area contributed by atoms with Crippen molar-refractivity contribution in [2.75, 3.05) is 0 Å². The molecule has 1 aromatic heterocycles. The molecule has 0 aliphatic heterocycles. The van der Waals surface area contributed by atoms with Crippen LogP contribution in [-0.4, -0.2) is 4.98 Å². The Morgan fingerprint density at radius 3 is 2.30 bits per heavy atom. The van der Waals surface area contributed by atoms with Gasteiger partial charge in [-0.1, -0.05) is 56.9 Å². The zero-order chi connectivity index (χ0) is 19.1. The van der Waals surface area contributed by atoms with E-state index < -0.39 is 11.9 Å². The first-order chi connectivity index (χ1) is 13.2. The van der Waals surface area contributed by atoms with Crippen LogP contribution in [0.25, 0.3) is 0 Å². The number of hydrogen-bond donors (Lipinski definition) is 0. The van der Waals surface area contributed by atoms with E-state index in [4.69, 9.17) is 0 Å². The number of pyridine rings is 1. The lowest BCUT2D eigenvalue weighted by Gasteiger charge is -2.29. The van der Waals surface area contributed by atoms with Gasteiger partial charge < -0.3 is 0 Å². The highest BCUT2D eigenvalue weighted by Gasteiger charge is 2.21. The van der Waals surface area contributed by atoms with Crippen molar-refractivity contribution < 1.29 is 8.78 Å². The van der Waals surface area contributed by atoms with Gasteiger partial charge in [-0.2, -0.15) is 13.8 Å². The van der Waals surface area contributed by atoms with Crippen LogP contribution in [-0.2, 0) is 12.8 Å². The molecule has 1 nitrogen and oxygen atoms in total. The van der Waals surface area contributed by atoms with E-state index in [-0.39, 0.29) is 0 Å². The molecule has 1 aliphatic carbocycles. The highest BCUT2D eigenvalue weighted by atomic mass is 19.1. The highest BCUT2D eigenvalue weighted by molar-refractivity contribution is 5.27. The van der Waals surface area contributed by atoms with Crippen LogP contribution in [0.4, 0.5) is 8.78 Å². The van der Waals surface area contributed by atoms with E-state index >= 15 is 0 Å². The third kappa shape index (κ3) is 5.85. The summed E-state index contributed by atoms with van der Waals surface area (Å²) >= 11 is 0. The van der Waals surface area contributed by atoms with Crippen molar-refractivity contribution in [2.24, 2.45) is 5.92 Å². The number of benzene rings is 1. The molecule has 1 fully saturated rings. The molecule has 1 aliphatic rings. The first kappa shape index (κ1) is 20.0. The van der Waals surface area contributed by atoms with E-state index in [0.717, 1.165) is 12.3 Å². The average molecular weight is 372 g/mol. The predicted octanol–water partition coefficient (Wildman–Crippen LogP) is 7.00. The van der Waals surface area contributed by atoms with Gasteiger partial charge in [0.15, 0.2) is 0 Å². The standard InChI is InChI=1S/C24H31F2N/c1-2-3-4-5-18-6-11-20(12-7-18)21-13-8-19(9-14-21)10-15-22-16-17-23(25)27-24(22)26/h8-9,13-14,16-18,20H,2-7,10-12,15H2,1H3/t18-,20-. The zero-order valence-corrected chi connectivity index (χ0v) is 16.4. The number of unbranched alkanes of at least 4 members (excludes halogenated alkanes) is 2. The van der Waals surface area contributed by atoms with E-state index in [1.54, 1.807) is 0 Å². The van der Waals surface area contributed by atoms with Crippen LogP contribution in [0, 0.1) is 17.8 Å². The maximum absolute atomic E-state index is 13.6. The quantitative estimate of drug-likeness (QED) is 0.359. The molecule has 3 heteroatoms. The van der Waals surface area contributed by atoms with Gasteiger partial charge in [-0.05, 0) is 73.6 Å². The van der Waals surface area contributed by atoms with Crippen LogP contribution in [0.15, 0.2) is 36.4 Å². The molecule has 0 atom stereocenters. The van der Waals surface area contributed by atoms with Crippen LogP contribution in [0.1, 0.15) is 80.9 Å². The summed E-state index contributed by atoms with van der Waals surface area (Å²) in [6, 6.07) is 11.5. The molecule has 2 aromatic rings. The molecule has 27 heavy (non-hydrogen) atoms. The number of aromatic nitrogens is 1. The SMILES string of the molecule is CCCCC[C@H]1CC[C@H](c2ccc(CCc3ccc(F)nc3F)cc2)CC1. The summed E-state index contributed by atoms with van der Waals surface area (Å²) in [5, 5.41) is 0. The second-order valence-corrected chi connectivity index (χ2v) is 8.04. The lowest BCUT2D eigenvalue weighted by Crippen LogP contribution is -2.13. The Labute approximate surface area is 162 Å². The van der Waals surface area contributed by atoms with E-state index in [9.17, 15) is 8.78 Å². The molecule has 3 rings (SSSR count). The number of aryl methyl sites for hydroxylation is 2. The Morgan fingerprint density at radius 1 is 0.889 bits per heavy atom. The maximum atomic E-state index is 13.6. The minimum atomic E-state index is -0.763. The number of rotatable bonds is 8. The Kier molecular flexibility index (Phi) is 7.37. The van der Waals surface area contributed by atoms with Crippen molar-refractivity contribution >= 4 is 0 Å². The van der Waals surface area contributed by atoms with Gasteiger partial charge in [-0.3, -0.25) is 0 Å². The van der Waals surface area contributed by atoms with Gasteiger partial charge in [0.25, 0.3) is 0 Å². The fourth-order valence-corrected chi connectivity index (χ4v) is 4.33. The summed E-state index contributed by atoms with van der Waals surface area (Å²) < 4.78 is 26.5. The minimum absolute atomic E-state index is 0.474. The number of hydrogen-bond acceptors (Lipinski definition) is 1. The van der Waals surface area contributed by atoms with Crippen molar-refractivity contribution in [2.45, 2.75) is 77.0 Å². The van der Waals surface area contributed by atoms with Gasteiger partial charge in [-0.25, -0.2) is 0 Å². The molecule has 1 saturated carbocycles. The van der Waals surface area contributed by atoms with Crippen LogP contribution in [0.3, 0.4) is 0 Å². The molecule has 0 amide bonds. The molecule has 0 saturated heterocycles. The smallest absolute Gasteiger partial charge is 0.190 e. The van der Waals surface area contributed by atoms with Crippen molar-refractivity contribution in [3.05, 3.63) is 65.0 Å². The summed E-state index contributed by atoms with van der Waals surface area (Å²) in [7, 11) is 0. The third-order valence-electron chi connectivity index (χ3n) is 6.09. The van der Waals surface area contributed by atoms with E-state index in [1.807, 2.05) is 0 Å². The van der Waals surface area contributed by atoms with Gasteiger partial charge in [0.1, 0.15) is 0 Å². The minimum Gasteiger partial charge on any atom is -0.190 e. The first-order valence-corrected chi connectivity index (χ1v) is 10.6. The largest absolute Gasteiger partial charge is 0.218 e. The topological polar surface area (TPSA) is 12.9 Å². The van der Waals surface area contributed by atoms with E-state index in [2.05, 4.69) is 36.2 Å². The Balaban J connectivity index is 1.47. The normalized spacial score (nSPS) is 20.0. The molecule has 0 radical (unpaired) electrons. The second-order valence-electron chi connectivity index (χ2n) is 8.04. The van der Waals surface area contributed by atoms with Crippen LogP contribution < -0.4 is 0 Å². The van der Waals surface area contributed by atoms with Crippen molar-refractivity contribution in [3.8, 4) is 0 Å². The molecule has 0 bridgehead atoms. The summed E-state index contributed by atoms with van der Waals surface area (Å²) in [4.78, 5) is 3.26. The first-order valence-electron chi connectivity index (χ1n) is 10.6. The Bertz CT molecular complexity index is 703. The van der Waals surface area contributed by atoms with Gasteiger partial charge >= 0.3 is 0 Å². The number of halogens is 2. The second kappa shape index (κ2) is 9.96. The van der Waals surface area contributed by atoms with Gasteiger partial charge in [0, 0.05) is 5.56 Å². The Morgan fingerprint density at radius 2 is 1.63 bits per heavy atom. The molecule has 1 heterocycles. The summed E-state index contributed by atoms with van der Waals surface area (Å²) in [6.45, 7) is 2.27. The third-order valence-corrected chi connectivity index (χ3v) is 6.09. The van der Waals surface area contributed by atoms with Gasteiger partial charge in [-0.15, -0.1) is 0 Å². The number of nitrogens with zero attached hydrogens (tertiary/aromatic N) is 1. The van der Waals surface area contributed by atoms with E-state index in [0.29, 0.717) is 17.9 Å². The van der Waals surface area contributed by atoms with Crippen molar-refractivity contribution in [3.63, 3.8) is 0 Å². The molecule has 1 aromatic carbocycles. The summed E-state index contributed by atoms with van der Waals surface area (Å²) in [5.74, 6) is 0.175. The molecular formula is C24H31F2N.